The van der Waals surface area contributed by atoms with Gasteiger partial charge in [-0.3, -0.25) is 0 Å². The summed E-state index contributed by atoms with van der Waals surface area (Å²) in [5.41, 5.74) is 1.27. The molecule has 2 amide bonds. The van der Waals surface area contributed by atoms with E-state index < -0.39 is 0 Å². The number of aryl methyl sites for hydroxylation is 1. The molecule has 1 atom stereocenters. The van der Waals surface area contributed by atoms with Crippen LogP contribution in [0.25, 0.3) is 0 Å². The van der Waals surface area contributed by atoms with Crippen LogP contribution in [0.3, 0.4) is 0 Å². The quantitative estimate of drug-likeness (QED) is 0.786. The van der Waals surface area contributed by atoms with Crippen LogP contribution in [0.1, 0.15) is 24.1 Å². The van der Waals surface area contributed by atoms with Crippen LogP contribution in [0.2, 0.25) is 0 Å². The molecule has 0 bridgehead atoms. The number of nitrogens with one attached hydrogen (secondary N) is 1. The van der Waals surface area contributed by atoms with E-state index in [0.717, 1.165) is 0 Å². The third-order valence-electron chi connectivity index (χ3n) is 3.04. The van der Waals surface area contributed by atoms with Crippen molar-refractivity contribution in [3.05, 3.63) is 47.8 Å². The van der Waals surface area contributed by atoms with Crippen LogP contribution in [0.15, 0.2) is 30.9 Å². The molecule has 0 saturated heterocycles. The van der Waals surface area contributed by atoms with E-state index >= 15 is 0 Å². The highest BCUT2D eigenvalue weighted by Gasteiger charge is 2.15. The molecule has 1 aromatic rings. The van der Waals surface area contributed by atoms with Gasteiger partial charge in [-0.2, -0.15) is 0 Å². The third-order valence-corrected chi connectivity index (χ3v) is 3.04. The molecule has 1 rings (SSSR count). The number of nitrogens with zero attached hydrogens (tertiary/aromatic N) is 1. The Kier molecular flexibility index (Phi) is 6.18. The Labute approximate surface area is 118 Å². The van der Waals surface area contributed by atoms with Crippen molar-refractivity contribution < 1.29 is 14.3 Å². The van der Waals surface area contributed by atoms with E-state index in [9.17, 15) is 9.18 Å². The van der Waals surface area contributed by atoms with E-state index in [1.54, 1.807) is 32.1 Å². The molecule has 2 N–H and O–H groups in total. The van der Waals surface area contributed by atoms with Gasteiger partial charge < -0.3 is 15.3 Å². The second kappa shape index (κ2) is 7.65. The first kappa shape index (κ1) is 16.2. The average molecular weight is 280 g/mol. The minimum absolute atomic E-state index is 0.116. The normalized spacial score (nSPS) is 11.8. The summed E-state index contributed by atoms with van der Waals surface area (Å²) < 4.78 is 13.5. The number of carbonyl (C=O) groups is 1. The van der Waals surface area contributed by atoms with E-state index in [2.05, 4.69) is 11.9 Å². The monoisotopic (exact) mass is 280 g/mol. The number of benzene rings is 1. The van der Waals surface area contributed by atoms with Crippen LogP contribution in [0.4, 0.5) is 9.18 Å². The van der Waals surface area contributed by atoms with Crippen LogP contribution >= 0.6 is 0 Å². The molecule has 0 spiro atoms. The highest BCUT2D eigenvalue weighted by atomic mass is 19.1. The maximum Gasteiger partial charge on any atom is 0.318 e. The molecule has 0 heterocycles. The molecule has 20 heavy (non-hydrogen) atoms. The van der Waals surface area contributed by atoms with Gasteiger partial charge in [-0.05, 0) is 31.0 Å². The van der Waals surface area contributed by atoms with E-state index in [0.29, 0.717) is 17.7 Å². The molecule has 0 fully saturated rings. The number of halogens is 1. The molecule has 110 valence electrons. The molecule has 0 radical (unpaired) electrons. The fourth-order valence-corrected chi connectivity index (χ4v) is 1.79. The van der Waals surface area contributed by atoms with Gasteiger partial charge >= 0.3 is 6.03 Å². The molecule has 1 aromatic carbocycles. The molecule has 5 heteroatoms. The van der Waals surface area contributed by atoms with Gasteiger partial charge in [-0.1, -0.05) is 18.2 Å². The van der Waals surface area contributed by atoms with Gasteiger partial charge in [0.15, 0.2) is 0 Å². The van der Waals surface area contributed by atoms with Crippen LogP contribution in [0.5, 0.6) is 0 Å². The summed E-state index contributed by atoms with van der Waals surface area (Å²) in [5.74, 6) is -0.290. The SMILES string of the molecule is C=CCN(CCO)C(=O)NC(C)c1ccc(C)c(F)c1. The van der Waals surface area contributed by atoms with E-state index in [1.165, 1.54) is 11.0 Å². The summed E-state index contributed by atoms with van der Waals surface area (Å²) in [5, 5.41) is 11.7. The number of hydrogen-bond donors (Lipinski definition) is 2. The number of amides is 2. The lowest BCUT2D eigenvalue weighted by atomic mass is 10.1. The number of urea groups is 1. The third kappa shape index (κ3) is 4.35. The molecular weight excluding hydrogens is 259 g/mol. The molecule has 4 nitrogen and oxygen atoms in total. The number of aliphatic hydroxyl groups is 1. The smallest absolute Gasteiger partial charge is 0.318 e. The maximum atomic E-state index is 13.5. The van der Waals surface area contributed by atoms with E-state index in [4.69, 9.17) is 5.11 Å². The zero-order valence-corrected chi connectivity index (χ0v) is 11.9. The summed E-state index contributed by atoms with van der Waals surface area (Å²) in [6.45, 7) is 7.51. The van der Waals surface area contributed by atoms with E-state index in [1.807, 2.05) is 0 Å². The van der Waals surface area contributed by atoms with Crippen molar-refractivity contribution in [2.75, 3.05) is 19.7 Å². The lowest BCUT2D eigenvalue weighted by Crippen LogP contribution is -2.42. The van der Waals surface area contributed by atoms with Gasteiger partial charge in [0, 0.05) is 13.1 Å². The van der Waals surface area contributed by atoms with Crippen molar-refractivity contribution in [1.29, 1.82) is 0 Å². The van der Waals surface area contributed by atoms with Gasteiger partial charge in [-0.25, -0.2) is 9.18 Å². The van der Waals surface area contributed by atoms with Gasteiger partial charge in [0.2, 0.25) is 0 Å². The Morgan fingerprint density at radius 1 is 1.60 bits per heavy atom. The summed E-state index contributed by atoms with van der Waals surface area (Å²) in [4.78, 5) is 13.5. The molecular formula is C15H21FN2O2. The van der Waals surface area contributed by atoms with Crippen molar-refractivity contribution >= 4 is 6.03 Å². The van der Waals surface area contributed by atoms with Crippen molar-refractivity contribution in [2.24, 2.45) is 0 Å². The fourth-order valence-electron chi connectivity index (χ4n) is 1.79. The van der Waals surface area contributed by atoms with Crippen molar-refractivity contribution in [3.63, 3.8) is 0 Å². The number of aliphatic hydroxyl groups excluding tert-OH is 1. The Hall–Kier alpha value is -1.88. The molecule has 0 aromatic heterocycles. The van der Waals surface area contributed by atoms with Gasteiger partial charge in [0.25, 0.3) is 0 Å². The van der Waals surface area contributed by atoms with Crippen molar-refractivity contribution in [3.8, 4) is 0 Å². The van der Waals surface area contributed by atoms with Crippen LogP contribution in [0, 0.1) is 12.7 Å². The largest absolute Gasteiger partial charge is 0.395 e. The van der Waals surface area contributed by atoms with E-state index in [-0.39, 0.29) is 31.0 Å². The summed E-state index contributed by atoms with van der Waals surface area (Å²) in [6.07, 6.45) is 1.59. The molecule has 0 aliphatic heterocycles. The Balaban J connectivity index is 2.72. The first-order valence-corrected chi connectivity index (χ1v) is 6.52. The minimum atomic E-state index is -0.316. The number of rotatable bonds is 6. The first-order valence-electron chi connectivity index (χ1n) is 6.52. The first-order chi connectivity index (χ1) is 9.49. The molecule has 0 saturated carbocycles. The number of hydrogen-bond acceptors (Lipinski definition) is 2. The highest BCUT2D eigenvalue weighted by Crippen LogP contribution is 2.16. The Morgan fingerprint density at radius 2 is 2.30 bits per heavy atom. The predicted octanol–water partition coefficient (Wildman–Crippen LogP) is 2.39. The molecule has 1 unspecified atom stereocenters. The van der Waals surface area contributed by atoms with Gasteiger partial charge in [0.05, 0.1) is 12.6 Å². The van der Waals surface area contributed by atoms with Gasteiger partial charge in [-0.15, -0.1) is 6.58 Å². The summed E-state index contributed by atoms with van der Waals surface area (Å²) in [7, 11) is 0. The maximum absolute atomic E-state index is 13.5. The summed E-state index contributed by atoms with van der Waals surface area (Å²) >= 11 is 0. The second-order valence-corrected chi connectivity index (χ2v) is 4.64. The Morgan fingerprint density at radius 3 is 2.85 bits per heavy atom. The minimum Gasteiger partial charge on any atom is -0.395 e. The number of carbonyl (C=O) groups excluding carboxylic acids is 1. The lowest BCUT2D eigenvalue weighted by molar-refractivity contribution is 0.181. The van der Waals surface area contributed by atoms with Crippen molar-refractivity contribution in [2.45, 2.75) is 19.9 Å². The highest BCUT2D eigenvalue weighted by molar-refractivity contribution is 5.74. The summed E-state index contributed by atoms with van der Waals surface area (Å²) in [6, 6.07) is 4.26. The predicted molar refractivity (Wildman–Crippen MR) is 76.9 cm³/mol. The Bertz CT molecular complexity index is 477. The zero-order chi connectivity index (χ0) is 15.1. The topological polar surface area (TPSA) is 52.6 Å². The molecule has 0 aliphatic carbocycles. The van der Waals surface area contributed by atoms with Gasteiger partial charge in [0.1, 0.15) is 5.82 Å². The van der Waals surface area contributed by atoms with Crippen LogP contribution < -0.4 is 5.32 Å². The van der Waals surface area contributed by atoms with Crippen LogP contribution in [-0.2, 0) is 0 Å². The standard InChI is InChI=1S/C15H21FN2O2/c1-4-7-18(8-9-19)15(20)17-12(3)13-6-5-11(2)14(16)10-13/h4-6,10,12,19H,1,7-9H2,2-3H3,(H,17,20). The second-order valence-electron chi connectivity index (χ2n) is 4.64. The average Bonchev–Trinajstić information content (AvgIpc) is 2.41. The zero-order valence-electron chi connectivity index (χ0n) is 11.9. The fraction of sp³-hybridized carbons (Fsp3) is 0.400. The lowest BCUT2D eigenvalue weighted by Gasteiger charge is -2.23. The van der Waals surface area contributed by atoms with Crippen LogP contribution in [-0.4, -0.2) is 35.7 Å². The van der Waals surface area contributed by atoms with Crippen molar-refractivity contribution in [1.82, 2.24) is 10.2 Å². The molecule has 0 aliphatic rings.